The topological polar surface area (TPSA) is 94.2 Å². The van der Waals surface area contributed by atoms with E-state index in [2.05, 4.69) is 5.32 Å². The SMILES string of the molecule is COc1ccc(Oc2ccc(N3C[C@@H](C(=O)OCC(=O)Nc4ccc(Cl)c(Cl)c4)CC3=O)cc2)cc1. The molecule has 1 aliphatic heterocycles. The van der Waals surface area contributed by atoms with Gasteiger partial charge in [0.15, 0.2) is 6.61 Å². The molecule has 0 saturated carbocycles. The molecule has 0 unspecified atom stereocenters. The van der Waals surface area contributed by atoms with Crippen LogP contribution in [0, 0.1) is 5.92 Å². The monoisotopic (exact) mass is 528 g/mol. The van der Waals surface area contributed by atoms with Gasteiger partial charge in [-0.1, -0.05) is 23.2 Å². The summed E-state index contributed by atoms with van der Waals surface area (Å²) in [4.78, 5) is 38.6. The Morgan fingerprint density at radius 3 is 2.22 bits per heavy atom. The van der Waals surface area contributed by atoms with Gasteiger partial charge in [-0.15, -0.1) is 0 Å². The van der Waals surface area contributed by atoms with Gasteiger partial charge in [-0.3, -0.25) is 14.4 Å². The Morgan fingerprint density at radius 2 is 1.58 bits per heavy atom. The summed E-state index contributed by atoms with van der Waals surface area (Å²) in [6, 6.07) is 18.8. The Hall–Kier alpha value is -3.75. The first-order chi connectivity index (χ1) is 17.3. The summed E-state index contributed by atoms with van der Waals surface area (Å²) in [5.74, 6) is -0.0618. The Balaban J connectivity index is 1.28. The average molecular weight is 529 g/mol. The molecule has 4 rings (SSSR count). The molecular formula is C26H22Cl2N2O6. The Labute approximate surface area is 217 Å². The maximum absolute atomic E-state index is 12.5. The van der Waals surface area contributed by atoms with Crippen molar-refractivity contribution < 1.29 is 28.6 Å². The van der Waals surface area contributed by atoms with Gasteiger partial charge in [-0.25, -0.2) is 0 Å². The maximum atomic E-state index is 12.5. The fraction of sp³-hybridized carbons (Fsp3) is 0.192. The van der Waals surface area contributed by atoms with E-state index in [9.17, 15) is 14.4 Å². The van der Waals surface area contributed by atoms with Crippen LogP contribution in [0.2, 0.25) is 10.0 Å². The number of methoxy groups -OCH3 is 1. The fourth-order valence-electron chi connectivity index (χ4n) is 3.61. The molecule has 8 nitrogen and oxygen atoms in total. The molecule has 1 heterocycles. The van der Waals surface area contributed by atoms with E-state index in [1.165, 1.54) is 11.0 Å². The van der Waals surface area contributed by atoms with Crippen LogP contribution in [-0.4, -0.2) is 38.0 Å². The summed E-state index contributed by atoms with van der Waals surface area (Å²) in [6.07, 6.45) is -0.00263. The molecule has 36 heavy (non-hydrogen) atoms. The fourth-order valence-corrected chi connectivity index (χ4v) is 3.91. The van der Waals surface area contributed by atoms with Crippen molar-refractivity contribution in [1.29, 1.82) is 0 Å². The van der Waals surface area contributed by atoms with E-state index in [1.807, 2.05) is 0 Å². The van der Waals surface area contributed by atoms with Crippen LogP contribution < -0.4 is 19.7 Å². The minimum atomic E-state index is -0.675. The zero-order chi connectivity index (χ0) is 25.7. The number of carbonyl (C=O) groups is 3. The lowest BCUT2D eigenvalue weighted by atomic mass is 10.1. The highest BCUT2D eigenvalue weighted by atomic mass is 35.5. The highest BCUT2D eigenvalue weighted by molar-refractivity contribution is 6.42. The quantitative estimate of drug-likeness (QED) is 0.397. The highest BCUT2D eigenvalue weighted by Gasteiger charge is 2.36. The van der Waals surface area contributed by atoms with E-state index in [-0.39, 0.29) is 23.9 Å². The van der Waals surface area contributed by atoms with Crippen molar-refractivity contribution >= 4 is 52.4 Å². The maximum Gasteiger partial charge on any atom is 0.311 e. The van der Waals surface area contributed by atoms with Crippen LogP contribution in [0.15, 0.2) is 66.7 Å². The predicted octanol–water partition coefficient (Wildman–Crippen LogP) is 5.33. The van der Waals surface area contributed by atoms with Crippen molar-refractivity contribution in [2.45, 2.75) is 6.42 Å². The molecule has 0 spiro atoms. The van der Waals surface area contributed by atoms with E-state index < -0.39 is 24.4 Å². The zero-order valence-corrected chi connectivity index (χ0v) is 20.7. The second-order valence-corrected chi connectivity index (χ2v) is 8.78. The molecule has 1 saturated heterocycles. The van der Waals surface area contributed by atoms with E-state index in [4.69, 9.17) is 37.4 Å². The van der Waals surface area contributed by atoms with E-state index in [0.29, 0.717) is 27.9 Å². The second kappa shape index (κ2) is 11.3. The lowest BCUT2D eigenvalue weighted by Crippen LogP contribution is -2.28. The number of nitrogens with one attached hydrogen (secondary N) is 1. The standard InChI is InChI=1S/C26H22Cl2N2O6/c1-34-19-7-9-21(10-8-19)36-20-5-3-18(4-6-20)30-14-16(12-25(30)32)26(33)35-15-24(31)29-17-2-11-22(27)23(28)13-17/h2-11,13,16H,12,14-15H2,1H3,(H,29,31)/t16-/m0/s1. The van der Waals surface area contributed by atoms with Crippen molar-refractivity contribution in [3.05, 3.63) is 76.8 Å². The Bertz CT molecular complexity index is 1260. The first-order valence-electron chi connectivity index (χ1n) is 11.0. The van der Waals surface area contributed by atoms with Gasteiger partial charge in [-0.2, -0.15) is 0 Å². The van der Waals surface area contributed by atoms with Gasteiger partial charge >= 0.3 is 5.97 Å². The number of benzene rings is 3. The highest BCUT2D eigenvalue weighted by Crippen LogP contribution is 2.30. The molecule has 1 atom stereocenters. The van der Waals surface area contributed by atoms with Gasteiger partial charge in [0.05, 0.1) is 23.1 Å². The molecule has 1 fully saturated rings. The van der Waals surface area contributed by atoms with E-state index in [0.717, 1.165) is 5.75 Å². The van der Waals surface area contributed by atoms with Crippen molar-refractivity contribution in [1.82, 2.24) is 0 Å². The molecule has 10 heteroatoms. The number of ether oxygens (including phenoxy) is 3. The summed E-state index contributed by atoms with van der Waals surface area (Å²) in [5.41, 5.74) is 1.06. The van der Waals surface area contributed by atoms with Crippen LogP contribution >= 0.6 is 23.2 Å². The number of carbonyl (C=O) groups excluding carboxylic acids is 3. The lowest BCUT2D eigenvalue weighted by molar-refractivity contribution is -0.151. The summed E-state index contributed by atoms with van der Waals surface area (Å²) in [6.45, 7) is -0.327. The number of rotatable bonds is 8. The molecular weight excluding hydrogens is 507 g/mol. The van der Waals surface area contributed by atoms with Gasteiger partial charge in [-0.05, 0) is 66.7 Å². The van der Waals surface area contributed by atoms with Crippen LogP contribution in [0.1, 0.15) is 6.42 Å². The van der Waals surface area contributed by atoms with Crippen LogP contribution in [0.5, 0.6) is 17.2 Å². The van der Waals surface area contributed by atoms with E-state index >= 15 is 0 Å². The molecule has 2 amide bonds. The van der Waals surface area contributed by atoms with E-state index in [1.54, 1.807) is 67.8 Å². The second-order valence-electron chi connectivity index (χ2n) is 7.96. The summed E-state index contributed by atoms with van der Waals surface area (Å²) in [7, 11) is 1.59. The number of anilines is 2. The molecule has 0 bridgehead atoms. The van der Waals surface area contributed by atoms with Crippen LogP contribution in [-0.2, 0) is 19.1 Å². The number of nitrogens with zero attached hydrogens (tertiary/aromatic N) is 1. The van der Waals surface area contributed by atoms with Gasteiger partial charge < -0.3 is 24.4 Å². The molecule has 186 valence electrons. The van der Waals surface area contributed by atoms with Gasteiger partial charge in [0.2, 0.25) is 5.91 Å². The number of amides is 2. The lowest BCUT2D eigenvalue weighted by Gasteiger charge is -2.17. The average Bonchev–Trinajstić information content (AvgIpc) is 3.27. The third-order valence-electron chi connectivity index (χ3n) is 5.45. The normalized spacial score (nSPS) is 14.9. The molecule has 1 aliphatic rings. The minimum Gasteiger partial charge on any atom is -0.497 e. The largest absolute Gasteiger partial charge is 0.497 e. The summed E-state index contributed by atoms with van der Waals surface area (Å²) in [5, 5.41) is 3.22. The number of hydrogen-bond donors (Lipinski definition) is 1. The summed E-state index contributed by atoms with van der Waals surface area (Å²) >= 11 is 11.8. The molecule has 3 aromatic carbocycles. The summed E-state index contributed by atoms with van der Waals surface area (Å²) < 4.78 is 16.1. The number of halogens is 2. The van der Waals surface area contributed by atoms with Crippen LogP contribution in [0.4, 0.5) is 11.4 Å². The van der Waals surface area contributed by atoms with Gasteiger partial charge in [0, 0.05) is 24.3 Å². The Morgan fingerprint density at radius 1 is 0.944 bits per heavy atom. The third-order valence-corrected chi connectivity index (χ3v) is 6.19. The van der Waals surface area contributed by atoms with Crippen molar-refractivity contribution in [3.8, 4) is 17.2 Å². The van der Waals surface area contributed by atoms with Crippen molar-refractivity contribution in [2.24, 2.45) is 5.92 Å². The third kappa shape index (κ3) is 6.27. The first kappa shape index (κ1) is 25.3. The molecule has 0 aromatic heterocycles. The molecule has 3 aromatic rings. The molecule has 0 aliphatic carbocycles. The minimum absolute atomic E-state index is 0.00263. The van der Waals surface area contributed by atoms with Gasteiger partial charge in [0.25, 0.3) is 5.91 Å². The smallest absolute Gasteiger partial charge is 0.311 e. The van der Waals surface area contributed by atoms with Crippen molar-refractivity contribution in [2.75, 3.05) is 30.5 Å². The van der Waals surface area contributed by atoms with Crippen molar-refractivity contribution in [3.63, 3.8) is 0 Å². The van der Waals surface area contributed by atoms with Crippen LogP contribution in [0.25, 0.3) is 0 Å². The van der Waals surface area contributed by atoms with Gasteiger partial charge in [0.1, 0.15) is 17.2 Å². The first-order valence-corrected chi connectivity index (χ1v) is 11.7. The predicted molar refractivity (Wildman–Crippen MR) is 136 cm³/mol. The van der Waals surface area contributed by atoms with Crippen LogP contribution in [0.3, 0.4) is 0 Å². The molecule has 0 radical (unpaired) electrons. The number of hydrogen-bond acceptors (Lipinski definition) is 6. The molecule has 1 N–H and O–H groups in total. The Kier molecular flexibility index (Phi) is 7.97. The number of esters is 1. The zero-order valence-electron chi connectivity index (χ0n) is 19.2.